The molecule has 0 spiro atoms. The first-order valence-electron chi connectivity index (χ1n) is 40.6. The molecule has 0 amide bonds. The first kappa shape index (κ1) is 122. The second-order valence-electron chi connectivity index (χ2n) is 28.0. The third-order valence-electron chi connectivity index (χ3n) is 19.6. The molecule has 20 rings (SSSR count). The molecule has 0 aliphatic carbocycles. The van der Waals surface area contributed by atoms with Gasteiger partial charge in [0.25, 0.3) is 6.47 Å². The van der Waals surface area contributed by atoms with Crippen molar-refractivity contribution >= 4 is 276 Å². The number of hydrogen-bond donors (Lipinski definition) is 9. The molecule has 5 heterocycles. The summed E-state index contributed by atoms with van der Waals surface area (Å²) in [5.41, 5.74) is 8.10. The summed E-state index contributed by atoms with van der Waals surface area (Å²) in [6.45, 7) is 1.82. The monoisotopic (exact) mass is 2500 g/mol. The molecule has 1 aliphatic rings. The minimum atomic E-state index is -1.72. The third-order valence-corrected chi connectivity index (χ3v) is 20.8. The second kappa shape index (κ2) is 64.0. The Hall–Kier alpha value is -7.23. The maximum atomic E-state index is 14.1. The molecular weight excluding hydrogens is 2430 g/mol. The molecular formula is C100H81B3Br7Cl4F5K2O20. The summed E-state index contributed by atoms with van der Waals surface area (Å²) >= 11 is 40.3. The predicted octanol–water partition coefficient (Wildman–Crippen LogP) is 22.2. The zero-order valence-electron chi connectivity index (χ0n) is 75.9. The molecule has 15 aromatic carbocycles. The Bertz CT molecular complexity index is 6950. The fourth-order valence-electron chi connectivity index (χ4n) is 13.6. The Labute approximate surface area is 970 Å². The molecule has 4 aromatic heterocycles. The van der Waals surface area contributed by atoms with Crippen molar-refractivity contribution in [2.75, 3.05) is 45.2 Å². The van der Waals surface area contributed by atoms with E-state index in [1.807, 2.05) is 97.1 Å². The average molecular weight is 2510 g/mol. The van der Waals surface area contributed by atoms with Crippen molar-refractivity contribution in [1.29, 1.82) is 0 Å². The van der Waals surface area contributed by atoms with Gasteiger partial charge in [0.1, 0.15) is 120 Å². The van der Waals surface area contributed by atoms with E-state index in [0.29, 0.717) is 55.2 Å². The van der Waals surface area contributed by atoms with Gasteiger partial charge in [-0.25, -0.2) is 22.0 Å². The van der Waals surface area contributed by atoms with E-state index in [4.69, 9.17) is 108 Å². The number of methoxy groups -OCH3 is 3. The van der Waals surface area contributed by atoms with Crippen molar-refractivity contribution in [3.05, 3.63) is 335 Å². The zero-order chi connectivity index (χ0) is 101. The van der Waals surface area contributed by atoms with Crippen LogP contribution in [0.3, 0.4) is 0 Å². The fourth-order valence-corrected chi connectivity index (χ4v) is 14.8. The molecule has 0 radical (unpaired) electrons. The van der Waals surface area contributed by atoms with E-state index in [0.717, 1.165) is 89.2 Å². The first-order valence-corrected chi connectivity index (χ1v) is 50.8. The molecule has 0 atom stereocenters. The number of phenolic OH excluding ortho intramolecular Hbond substituents is 5. The van der Waals surface area contributed by atoms with Crippen LogP contribution in [0.15, 0.2) is 324 Å². The van der Waals surface area contributed by atoms with Crippen LogP contribution in [-0.4, -0.2) is 115 Å². The largest absolute Gasteiger partial charge is 1.00 e. The van der Waals surface area contributed by atoms with E-state index < -0.39 is 43.3 Å². The summed E-state index contributed by atoms with van der Waals surface area (Å²) in [5.74, 6) is -1.18. The zero-order valence-corrected chi connectivity index (χ0v) is 95.3. The van der Waals surface area contributed by atoms with Crippen molar-refractivity contribution in [2.24, 2.45) is 0 Å². The number of carbonyl (C=O) groups excluding carboxylic acids is 1. The third kappa shape index (κ3) is 35.3. The molecule has 20 nitrogen and oxygen atoms in total. The van der Waals surface area contributed by atoms with Crippen LogP contribution in [0.2, 0.25) is 0 Å². The SMILES string of the molecule is BrB(Br)Br.BrBr.C1CCOC1.COc1cc(O)c(-c2ccccc2F)cc1-c1ccccc1F.COc1cc(O)c(Br)cc1Br.COc1cccc(O)c1.ClCCl.ClCCl.O=CO[O-].OB(O)c1c2oc3ccccc3c2cc2c1oc1ccccc12.OB(O)c1ccccc1F.Oc1cc(O)c(-c2ccccc2F)cc1-c1ccccc1F.[H-].[K+].[K+].c1ccc2c(c1)oc1cc3oc4ccccc4c3cc12. The van der Waals surface area contributed by atoms with Gasteiger partial charge in [0.2, 0.25) is 0 Å². The molecule has 0 unspecified atom stereocenters. The number of alkyl halides is 4. The van der Waals surface area contributed by atoms with Crippen molar-refractivity contribution in [3.63, 3.8) is 0 Å². The predicted molar refractivity (Wildman–Crippen MR) is 571 cm³/mol. The van der Waals surface area contributed by atoms with Crippen LogP contribution in [0.5, 0.6) is 46.0 Å². The molecule has 41 heteroatoms. The van der Waals surface area contributed by atoms with E-state index >= 15 is 0 Å². The Balaban J connectivity index is 0.000000286. The van der Waals surface area contributed by atoms with Crippen LogP contribution in [0, 0.1) is 29.1 Å². The van der Waals surface area contributed by atoms with Gasteiger partial charge < -0.3 is 93.8 Å². The van der Waals surface area contributed by atoms with Gasteiger partial charge in [-0.3, -0.25) is 4.79 Å². The summed E-state index contributed by atoms with van der Waals surface area (Å²) in [7, 11) is 1.15. The summed E-state index contributed by atoms with van der Waals surface area (Å²) in [6.07, 6.45) is 2.56. The number of aromatic hydroxyl groups is 5. The van der Waals surface area contributed by atoms with E-state index in [-0.39, 0.29) is 198 Å². The molecule has 1 fully saturated rings. The van der Waals surface area contributed by atoms with Gasteiger partial charge in [0.05, 0.1) is 46.4 Å². The summed E-state index contributed by atoms with van der Waals surface area (Å²) in [4.78, 5) is 11.2. The number of hydrogen-bond acceptors (Lipinski definition) is 20. The van der Waals surface area contributed by atoms with Gasteiger partial charge in [-0.05, 0) is 142 Å². The van der Waals surface area contributed by atoms with E-state index in [2.05, 4.69) is 130 Å². The smallest absolute Gasteiger partial charge is 1.00 e. The number of fused-ring (bicyclic) bond motifs is 12. The quantitative estimate of drug-likeness (QED) is 0.0153. The number of rotatable bonds is 10. The molecule has 1 aliphatic heterocycles. The Morgan fingerprint density at radius 2 is 0.702 bits per heavy atom. The van der Waals surface area contributed by atoms with Crippen LogP contribution in [0.1, 0.15) is 14.3 Å². The van der Waals surface area contributed by atoms with Gasteiger partial charge >= 0.3 is 120 Å². The molecule has 141 heavy (non-hydrogen) atoms. The van der Waals surface area contributed by atoms with Gasteiger partial charge in [0.15, 0.2) is 0 Å². The normalized spacial score (nSPS) is 10.5. The molecule has 0 saturated carbocycles. The van der Waals surface area contributed by atoms with Gasteiger partial charge in [-0.15, -0.1) is 93.7 Å². The molecule has 9 N–H and O–H groups in total. The minimum absolute atomic E-state index is 0. The number of furan rings is 4. The topological polar surface area (TPSA) is 321 Å². The summed E-state index contributed by atoms with van der Waals surface area (Å²) in [6, 6.07) is 82.7. The summed E-state index contributed by atoms with van der Waals surface area (Å²) < 4.78 is 114. The maximum absolute atomic E-state index is 14.1. The van der Waals surface area contributed by atoms with E-state index in [1.165, 1.54) is 117 Å². The molecule has 0 bridgehead atoms. The first-order chi connectivity index (χ1) is 67.0. The Morgan fingerprint density at radius 1 is 0.369 bits per heavy atom. The van der Waals surface area contributed by atoms with Crippen LogP contribution in [0.25, 0.3) is 132 Å². The number of para-hydroxylation sites is 4. The van der Waals surface area contributed by atoms with Crippen molar-refractivity contribution in [2.45, 2.75) is 12.8 Å². The van der Waals surface area contributed by atoms with Gasteiger partial charge in [-0.1, -0.05) is 170 Å². The van der Waals surface area contributed by atoms with E-state index in [1.54, 1.807) is 93.1 Å². The van der Waals surface area contributed by atoms with Crippen LogP contribution in [-0.2, 0) is 14.4 Å². The van der Waals surface area contributed by atoms with Crippen LogP contribution >= 0.6 is 154 Å². The van der Waals surface area contributed by atoms with Gasteiger partial charge in [-0.2, -0.15) is 0 Å². The molecule has 1 saturated heterocycles. The minimum Gasteiger partial charge on any atom is -1.00 e. The Morgan fingerprint density at radius 3 is 1.04 bits per heavy atom. The van der Waals surface area contributed by atoms with Crippen LogP contribution < -0.4 is 133 Å². The van der Waals surface area contributed by atoms with Crippen LogP contribution in [0.4, 0.5) is 22.0 Å². The molecule has 724 valence electrons. The van der Waals surface area contributed by atoms with Crippen molar-refractivity contribution in [1.82, 2.24) is 0 Å². The fraction of sp³-hybridized carbons (Fsp3) is 0.0900. The standard InChI is InChI=1S/C19H14F2O2.C18H11BO4.C18H12F2O2.C18H10O2.C7H6Br2O2.C7H8O2.C6H6BFO2.C4H8O.2CH2Cl2.CH2O3.BBr3.Br2.2K.H/c1-23-19-11-18(22)14(12-6-2-4-8-16(12)20)10-15(19)13-7-3-5-9-17(13)21;20-19(21)16-17-12(10-5-1-3-7-14(10)22-17)9-13-11-6-2-4-8-15(11)23-18(13)16;19-15-7-3-1-5-11(15)13-9-14(18(22)10-17(13)21)12-6-2-4-8-16(12)20;1-3-7-15-11(5-1)13-9-14-12-6-2-4-8-16(12)20-18(14)10-17(13)19-15;1-11-7-3-6(10)4(8)2-5(7)9;1-9-7-4-2-3-6(8)5-7;8-6-4-2-1-3-5(6)7(9)10;1-2-4-5-3-1;2*2-1-3;2-1-4-3;2-1(3)4;1-2;;;/h2-11,22H,1H3;1-9,20-21H;1-10,21-22H;1-10H;2-3,10H,1H3;2-5,8H,1H3;1-4,9-10H;1-4H2;2*1H2;1,3H;;;;;/q;;;;;;;;;;;;;2*+1;-1/p-1. The Kier molecular flexibility index (Phi) is 55.6. The number of benzene rings is 15. The number of halogens is 16. The number of phenols is 5. The maximum Gasteiger partial charge on any atom is 1.00 e. The van der Waals surface area contributed by atoms with Gasteiger partial charge in [0, 0.05) is 165 Å². The van der Waals surface area contributed by atoms with E-state index in [9.17, 15) is 52.4 Å². The number of ether oxygens (including phenoxy) is 4. The summed E-state index contributed by atoms with van der Waals surface area (Å²) in [5, 5.41) is 102. The second-order valence-corrected chi connectivity index (χ2v) is 37.8. The van der Waals surface area contributed by atoms with Crippen molar-refractivity contribution < 1.29 is 223 Å². The molecule has 19 aromatic rings. The number of carbonyl (C=O) groups is 1. The average Bonchev–Trinajstić information content (AvgIpc) is 1.57. The van der Waals surface area contributed by atoms with Crippen molar-refractivity contribution in [3.8, 4) is 90.5 Å².